The minimum atomic E-state index is -0.508. The van der Waals surface area contributed by atoms with Crippen LogP contribution in [-0.2, 0) is 0 Å². The Morgan fingerprint density at radius 1 is 0.917 bits per heavy atom. The van der Waals surface area contributed by atoms with Gasteiger partial charge in [-0.1, -0.05) is 73.5 Å². The van der Waals surface area contributed by atoms with Gasteiger partial charge >= 0.3 is 0 Å². The van der Waals surface area contributed by atoms with Gasteiger partial charge in [0.15, 0.2) is 0 Å². The highest BCUT2D eigenvalue weighted by molar-refractivity contribution is 6.41. The van der Waals surface area contributed by atoms with E-state index in [0.717, 1.165) is 45.2 Å². The molecule has 1 unspecified atom stereocenters. The van der Waals surface area contributed by atoms with Crippen molar-refractivity contribution in [1.29, 1.82) is 0 Å². The molecule has 0 bridgehead atoms. The maximum absolute atomic E-state index is 10.9. The van der Waals surface area contributed by atoms with Crippen molar-refractivity contribution in [3.63, 3.8) is 0 Å². The zero-order valence-electron chi connectivity index (χ0n) is 14.1. The third-order valence-corrected chi connectivity index (χ3v) is 4.95. The first-order valence-electron chi connectivity index (χ1n) is 8.71. The van der Waals surface area contributed by atoms with Gasteiger partial charge in [0.05, 0.1) is 11.1 Å². The summed E-state index contributed by atoms with van der Waals surface area (Å²) in [4.78, 5) is 0. The molecule has 0 heterocycles. The molecule has 0 radical (unpaired) electrons. The molecule has 0 aliphatic rings. The maximum Gasteiger partial charge on any atom is 0.0814 e. The third-order valence-electron chi connectivity index (χ3n) is 4.54. The molecule has 0 saturated heterocycles. The minimum Gasteiger partial charge on any atom is -0.388 e. The summed E-state index contributed by atoms with van der Waals surface area (Å²) in [7, 11) is 0. The van der Waals surface area contributed by atoms with Crippen molar-refractivity contribution >= 4 is 33.1 Å². The first-order chi connectivity index (χ1) is 11.7. The number of aliphatic hydroxyl groups is 1. The van der Waals surface area contributed by atoms with Crippen LogP contribution in [0.2, 0.25) is 5.02 Å². The summed E-state index contributed by atoms with van der Waals surface area (Å²) in [6, 6.07) is 16.1. The maximum atomic E-state index is 10.9. The molecule has 126 valence electrons. The van der Waals surface area contributed by atoms with Gasteiger partial charge < -0.3 is 10.4 Å². The molecule has 24 heavy (non-hydrogen) atoms. The zero-order chi connectivity index (χ0) is 16.9. The highest BCUT2D eigenvalue weighted by atomic mass is 35.5. The van der Waals surface area contributed by atoms with E-state index in [1.165, 1.54) is 12.8 Å². The Balaban J connectivity index is 2.00. The van der Waals surface area contributed by atoms with Crippen molar-refractivity contribution in [2.45, 2.75) is 32.3 Å². The Labute approximate surface area is 148 Å². The number of nitrogens with one attached hydrogen (secondary N) is 1. The smallest absolute Gasteiger partial charge is 0.0814 e. The minimum absolute atomic E-state index is 0.508. The topological polar surface area (TPSA) is 32.3 Å². The number of unbranched alkanes of at least 4 members (excludes halogenated alkanes) is 1. The molecule has 1 atom stereocenters. The second-order valence-electron chi connectivity index (χ2n) is 6.23. The number of fused-ring (bicyclic) bond motifs is 2. The van der Waals surface area contributed by atoms with Crippen molar-refractivity contribution in [2.75, 3.05) is 13.1 Å². The van der Waals surface area contributed by atoms with Crippen LogP contribution in [-0.4, -0.2) is 18.2 Å². The molecule has 0 amide bonds. The molecule has 3 aromatic carbocycles. The molecular formula is C21H24ClNO. The molecule has 0 aliphatic heterocycles. The second-order valence-corrected chi connectivity index (χ2v) is 6.60. The average molecular weight is 342 g/mol. The lowest BCUT2D eigenvalue weighted by Gasteiger charge is -2.18. The van der Waals surface area contributed by atoms with E-state index >= 15 is 0 Å². The van der Waals surface area contributed by atoms with E-state index in [2.05, 4.69) is 24.4 Å². The largest absolute Gasteiger partial charge is 0.388 e. The fourth-order valence-corrected chi connectivity index (χ4v) is 3.61. The number of rotatable bonds is 7. The van der Waals surface area contributed by atoms with Gasteiger partial charge in [-0.15, -0.1) is 0 Å². The van der Waals surface area contributed by atoms with E-state index in [1.807, 2.05) is 36.4 Å². The normalized spacial score (nSPS) is 12.8. The highest BCUT2D eigenvalue weighted by Crippen LogP contribution is 2.39. The SMILES string of the molecule is CCCCNCCC(O)c1c2ccccc2c(Cl)c2ccccc12. The second kappa shape index (κ2) is 7.98. The summed E-state index contributed by atoms with van der Waals surface area (Å²) in [6.45, 7) is 4.00. The molecule has 3 aromatic rings. The molecule has 2 nitrogen and oxygen atoms in total. The van der Waals surface area contributed by atoms with E-state index in [4.69, 9.17) is 11.6 Å². The average Bonchev–Trinajstić information content (AvgIpc) is 2.62. The third kappa shape index (κ3) is 3.41. The van der Waals surface area contributed by atoms with Crippen LogP contribution in [0.25, 0.3) is 21.5 Å². The molecule has 0 aliphatic carbocycles. The standard InChI is InChI=1S/C21H24ClNO/c1-2-3-13-23-14-12-19(24)20-15-8-4-6-10-17(15)21(22)18-11-7-5-9-16(18)20/h4-11,19,23-24H,2-3,12-14H2,1H3. The van der Waals surface area contributed by atoms with Crippen molar-refractivity contribution in [3.8, 4) is 0 Å². The zero-order valence-corrected chi connectivity index (χ0v) is 14.8. The van der Waals surface area contributed by atoms with Crippen LogP contribution in [0.1, 0.15) is 37.9 Å². The van der Waals surface area contributed by atoms with Gasteiger partial charge in [0.25, 0.3) is 0 Å². The van der Waals surface area contributed by atoms with Crippen LogP contribution in [0, 0.1) is 0 Å². The highest BCUT2D eigenvalue weighted by Gasteiger charge is 2.17. The lowest BCUT2D eigenvalue weighted by atomic mass is 9.92. The number of aliphatic hydroxyl groups excluding tert-OH is 1. The van der Waals surface area contributed by atoms with Crippen LogP contribution >= 0.6 is 11.6 Å². The van der Waals surface area contributed by atoms with E-state index in [0.29, 0.717) is 6.42 Å². The quantitative estimate of drug-likeness (QED) is 0.442. The molecule has 0 fully saturated rings. The summed E-state index contributed by atoms with van der Waals surface area (Å²) in [5.74, 6) is 0. The molecule has 0 aromatic heterocycles. The number of hydrogen-bond donors (Lipinski definition) is 2. The Hall–Kier alpha value is -1.61. The predicted octanol–water partition coefficient (Wildman–Crippen LogP) is 5.46. The Morgan fingerprint density at radius 3 is 2.00 bits per heavy atom. The van der Waals surface area contributed by atoms with E-state index in [-0.39, 0.29) is 0 Å². The monoisotopic (exact) mass is 341 g/mol. The van der Waals surface area contributed by atoms with Crippen molar-refractivity contribution in [2.24, 2.45) is 0 Å². The summed E-state index contributed by atoms with van der Waals surface area (Å²) >= 11 is 6.62. The van der Waals surface area contributed by atoms with Gasteiger partial charge in [0.1, 0.15) is 0 Å². The lowest BCUT2D eigenvalue weighted by molar-refractivity contribution is 0.170. The molecule has 3 rings (SSSR count). The van der Waals surface area contributed by atoms with E-state index < -0.39 is 6.10 Å². The first-order valence-corrected chi connectivity index (χ1v) is 9.09. The van der Waals surface area contributed by atoms with E-state index in [1.54, 1.807) is 0 Å². The summed E-state index contributed by atoms with van der Waals surface area (Å²) < 4.78 is 0. The summed E-state index contributed by atoms with van der Waals surface area (Å²) in [6.07, 6.45) is 2.54. The molecule has 0 saturated carbocycles. The van der Waals surface area contributed by atoms with Crippen LogP contribution < -0.4 is 5.32 Å². The Kier molecular flexibility index (Phi) is 5.72. The van der Waals surface area contributed by atoms with Gasteiger partial charge in [0, 0.05) is 10.8 Å². The number of benzene rings is 3. The van der Waals surface area contributed by atoms with Crippen LogP contribution in [0.5, 0.6) is 0 Å². The van der Waals surface area contributed by atoms with Crippen molar-refractivity contribution in [3.05, 3.63) is 59.1 Å². The van der Waals surface area contributed by atoms with Gasteiger partial charge in [-0.25, -0.2) is 0 Å². The fourth-order valence-electron chi connectivity index (χ4n) is 3.28. The summed E-state index contributed by atoms with van der Waals surface area (Å²) in [5.41, 5.74) is 0.989. The van der Waals surface area contributed by atoms with Gasteiger partial charge in [-0.05, 0) is 42.3 Å². The molecular weight excluding hydrogens is 318 g/mol. The number of halogens is 1. The fraction of sp³-hybridized carbons (Fsp3) is 0.333. The van der Waals surface area contributed by atoms with E-state index in [9.17, 15) is 5.11 Å². The Morgan fingerprint density at radius 2 is 1.46 bits per heavy atom. The summed E-state index contributed by atoms with van der Waals surface area (Å²) in [5, 5.41) is 19.1. The molecule has 2 N–H and O–H groups in total. The van der Waals surface area contributed by atoms with Gasteiger partial charge in [-0.3, -0.25) is 0 Å². The van der Waals surface area contributed by atoms with Crippen molar-refractivity contribution < 1.29 is 5.11 Å². The van der Waals surface area contributed by atoms with Crippen LogP contribution in [0.4, 0.5) is 0 Å². The van der Waals surface area contributed by atoms with Crippen molar-refractivity contribution in [1.82, 2.24) is 5.32 Å². The lowest BCUT2D eigenvalue weighted by Crippen LogP contribution is -2.18. The van der Waals surface area contributed by atoms with Gasteiger partial charge in [-0.2, -0.15) is 0 Å². The van der Waals surface area contributed by atoms with Gasteiger partial charge in [0.2, 0.25) is 0 Å². The number of hydrogen-bond acceptors (Lipinski definition) is 2. The predicted molar refractivity (Wildman–Crippen MR) is 104 cm³/mol. The molecule has 3 heteroatoms. The van der Waals surface area contributed by atoms with Crippen LogP contribution in [0.3, 0.4) is 0 Å². The van der Waals surface area contributed by atoms with Crippen LogP contribution in [0.15, 0.2) is 48.5 Å². The molecule has 0 spiro atoms. The Bertz CT molecular complexity index is 774. The first kappa shape index (κ1) is 17.2.